The lowest BCUT2D eigenvalue weighted by Gasteiger charge is -2.15. The maximum atomic E-state index is 11.2. The number of carbonyl (C=O) groups is 1. The molecule has 0 heterocycles. The molecule has 1 amide bonds. The number of hydrogen-bond acceptors (Lipinski definition) is 2. The highest BCUT2D eigenvalue weighted by atomic mass is 16.1. The van der Waals surface area contributed by atoms with Gasteiger partial charge in [0.15, 0.2) is 0 Å². The number of terminal acetylenes is 1. The lowest BCUT2D eigenvalue weighted by Crippen LogP contribution is -2.41. The summed E-state index contributed by atoms with van der Waals surface area (Å²) in [5.74, 6) is 3.08. The first-order valence-corrected chi connectivity index (χ1v) is 4.70. The average molecular weight is 180 g/mol. The van der Waals surface area contributed by atoms with Crippen molar-refractivity contribution in [2.45, 2.75) is 31.7 Å². The first-order chi connectivity index (χ1) is 6.27. The van der Waals surface area contributed by atoms with E-state index in [9.17, 15) is 4.79 Å². The maximum Gasteiger partial charge on any atom is 0.221 e. The van der Waals surface area contributed by atoms with Crippen LogP contribution in [0.3, 0.4) is 0 Å². The highest BCUT2D eigenvalue weighted by Crippen LogP contribution is 2.32. The topological polar surface area (TPSA) is 55.1 Å². The summed E-state index contributed by atoms with van der Waals surface area (Å²) < 4.78 is 0. The SMILES string of the molecule is C#CCCC(=O)NC(CN)C1CC1. The minimum Gasteiger partial charge on any atom is -0.352 e. The molecule has 1 unspecified atom stereocenters. The number of nitrogens with one attached hydrogen (secondary N) is 1. The van der Waals surface area contributed by atoms with Gasteiger partial charge in [-0.15, -0.1) is 12.3 Å². The molecule has 1 aliphatic rings. The standard InChI is InChI=1S/C10H16N2O/c1-2-3-4-10(13)12-9(7-11)8-5-6-8/h1,8-9H,3-7,11H2,(H,12,13). The number of amides is 1. The molecular formula is C10H16N2O. The van der Waals surface area contributed by atoms with Gasteiger partial charge in [-0.05, 0) is 18.8 Å². The molecule has 1 aliphatic carbocycles. The van der Waals surface area contributed by atoms with Gasteiger partial charge in [0.2, 0.25) is 5.91 Å². The van der Waals surface area contributed by atoms with Gasteiger partial charge in [0.25, 0.3) is 0 Å². The van der Waals surface area contributed by atoms with Crippen molar-refractivity contribution in [3.63, 3.8) is 0 Å². The Morgan fingerprint density at radius 2 is 2.38 bits per heavy atom. The van der Waals surface area contributed by atoms with Gasteiger partial charge in [0.05, 0.1) is 0 Å². The molecule has 0 radical (unpaired) electrons. The number of hydrogen-bond donors (Lipinski definition) is 2. The Labute approximate surface area is 79.1 Å². The normalized spacial score (nSPS) is 17.5. The first-order valence-electron chi connectivity index (χ1n) is 4.70. The number of rotatable bonds is 5. The Kier molecular flexibility index (Phi) is 3.78. The summed E-state index contributed by atoms with van der Waals surface area (Å²) in [5.41, 5.74) is 5.54. The van der Waals surface area contributed by atoms with Crippen LogP contribution in [-0.2, 0) is 4.79 Å². The molecule has 3 N–H and O–H groups in total. The van der Waals surface area contributed by atoms with Crippen LogP contribution in [0, 0.1) is 18.3 Å². The predicted molar refractivity (Wildman–Crippen MR) is 51.8 cm³/mol. The van der Waals surface area contributed by atoms with Crippen LogP contribution < -0.4 is 11.1 Å². The second-order valence-electron chi connectivity index (χ2n) is 3.45. The molecule has 3 heteroatoms. The van der Waals surface area contributed by atoms with Gasteiger partial charge in [-0.25, -0.2) is 0 Å². The lowest BCUT2D eigenvalue weighted by molar-refractivity contribution is -0.121. The smallest absolute Gasteiger partial charge is 0.221 e. The summed E-state index contributed by atoms with van der Waals surface area (Å²) >= 11 is 0. The molecule has 1 saturated carbocycles. The monoisotopic (exact) mass is 180 g/mol. The molecule has 1 rings (SSSR count). The van der Waals surface area contributed by atoms with E-state index in [0.717, 1.165) is 0 Å². The van der Waals surface area contributed by atoms with Gasteiger partial charge in [0, 0.05) is 25.4 Å². The van der Waals surface area contributed by atoms with Crippen molar-refractivity contribution in [1.29, 1.82) is 0 Å². The van der Waals surface area contributed by atoms with E-state index in [0.29, 0.717) is 25.3 Å². The van der Waals surface area contributed by atoms with E-state index in [-0.39, 0.29) is 11.9 Å². The summed E-state index contributed by atoms with van der Waals surface area (Å²) in [6.07, 6.45) is 8.37. The summed E-state index contributed by atoms with van der Waals surface area (Å²) in [4.78, 5) is 11.2. The summed E-state index contributed by atoms with van der Waals surface area (Å²) in [6.45, 7) is 0.534. The molecule has 0 aliphatic heterocycles. The predicted octanol–water partition coefficient (Wildman–Crippen LogP) is 0.253. The summed E-state index contributed by atoms with van der Waals surface area (Å²) in [7, 11) is 0. The average Bonchev–Trinajstić information content (AvgIpc) is 2.94. The van der Waals surface area contributed by atoms with Gasteiger partial charge in [0.1, 0.15) is 0 Å². The molecule has 1 atom stereocenters. The first kappa shape index (κ1) is 10.1. The molecular weight excluding hydrogens is 164 g/mol. The number of nitrogens with two attached hydrogens (primary N) is 1. The van der Waals surface area contributed by atoms with E-state index >= 15 is 0 Å². The Balaban J connectivity index is 2.21. The maximum absolute atomic E-state index is 11.2. The van der Waals surface area contributed by atoms with Crippen LogP contribution >= 0.6 is 0 Å². The Hall–Kier alpha value is -1.01. The molecule has 0 saturated heterocycles. The van der Waals surface area contributed by atoms with Crippen LogP contribution in [0.15, 0.2) is 0 Å². The quantitative estimate of drug-likeness (QED) is 0.596. The second-order valence-corrected chi connectivity index (χ2v) is 3.45. The third-order valence-electron chi connectivity index (χ3n) is 2.29. The fourth-order valence-corrected chi connectivity index (χ4v) is 1.33. The van der Waals surface area contributed by atoms with Crippen molar-refractivity contribution in [3.05, 3.63) is 0 Å². The van der Waals surface area contributed by atoms with Crippen LogP contribution in [0.1, 0.15) is 25.7 Å². The molecule has 0 aromatic rings. The highest BCUT2D eigenvalue weighted by Gasteiger charge is 2.30. The minimum absolute atomic E-state index is 0.0281. The van der Waals surface area contributed by atoms with E-state index < -0.39 is 0 Å². The molecule has 3 nitrogen and oxygen atoms in total. The zero-order valence-corrected chi connectivity index (χ0v) is 7.75. The minimum atomic E-state index is 0.0281. The molecule has 1 fully saturated rings. The van der Waals surface area contributed by atoms with Crippen molar-refractivity contribution >= 4 is 5.91 Å². The largest absolute Gasteiger partial charge is 0.352 e. The van der Waals surface area contributed by atoms with Gasteiger partial charge < -0.3 is 11.1 Å². The van der Waals surface area contributed by atoms with E-state index in [1.54, 1.807) is 0 Å². The molecule has 13 heavy (non-hydrogen) atoms. The Bertz CT molecular complexity index is 215. The molecule has 72 valence electrons. The summed E-state index contributed by atoms with van der Waals surface area (Å²) in [5, 5.41) is 2.90. The fraction of sp³-hybridized carbons (Fsp3) is 0.700. The van der Waals surface area contributed by atoms with E-state index in [1.807, 2.05) is 0 Å². The van der Waals surface area contributed by atoms with Gasteiger partial charge in [-0.1, -0.05) is 0 Å². The van der Waals surface area contributed by atoms with E-state index in [1.165, 1.54) is 12.8 Å². The van der Waals surface area contributed by atoms with Gasteiger partial charge in [-0.3, -0.25) is 4.79 Å². The molecule has 0 aromatic carbocycles. The zero-order valence-electron chi connectivity index (χ0n) is 7.75. The van der Waals surface area contributed by atoms with Crippen molar-refractivity contribution in [2.24, 2.45) is 11.7 Å². The lowest BCUT2D eigenvalue weighted by atomic mass is 10.2. The second kappa shape index (κ2) is 4.88. The van der Waals surface area contributed by atoms with Crippen LogP contribution in [0.2, 0.25) is 0 Å². The third-order valence-corrected chi connectivity index (χ3v) is 2.29. The van der Waals surface area contributed by atoms with Crippen molar-refractivity contribution in [1.82, 2.24) is 5.32 Å². The third kappa shape index (κ3) is 3.47. The van der Waals surface area contributed by atoms with Crippen LogP contribution in [0.25, 0.3) is 0 Å². The van der Waals surface area contributed by atoms with Gasteiger partial charge >= 0.3 is 0 Å². The van der Waals surface area contributed by atoms with Crippen LogP contribution in [-0.4, -0.2) is 18.5 Å². The van der Waals surface area contributed by atoms with E-state index in [2.05, 4.69) is 11.2 Å². The van der Waals surface area contributed by atoms with Crippen molar-refractivity contribution in [2.75, 3.05) is 6.54 Å². The fourth-order valence-electron chi connectivity index (χ4n) is 1.33. The van der Waals surface area contributed by atoms with Crippen molar-refractivity contribution < 1.29 is 4.79 Å². The summed E-state index contributed by atoms with van der Waals surface area (Å²) in [6, 6.07) is 0.172. The van der Waals surface area contributed by atoms with Crippen LogP contribution in [0.4, 0.5) is 0 Å². The zero-order chi connectivity index (χ0) is 9.68. The molecule has 0 spiro atoms. The van der Waals surface area contributed by atoms with Crippen LogP contribution in [0.5, 0.6) is 0 Å². The Morgan fingerprint density at radius 1 is 1.69 bits per heavy atom. The molecule has 0 bridgehead atoms. The molecule has 0 aromatic heterocycles. The van der Waals surface area contributed by atoms with Gasteiger partial charge in [-0.2, -0.15) is 0 Å². The highest BCUT2D eigenvalue weighted by molar-refractivity contribution is 5.76. The van der Waals surface area contributed by atoms with Crippen molar-refractivity contribution in [3.8, 4) is 12.3 Å². The number of carbonyl (C=O) groups excluding carboxylic acids is 1. The Morgan fingerprint density at radius 3 is 2.85 bits per heavy atom. The van der Waals surface area contributed by atoms with E-state index in [4.69, 9.17) is 12.2 Å².